The summed E-state index contributed by atoms with van der Waals surface area (Å²) in [5, 5.41) is 12.7. The second-order valence-corrected chi connectivity index (χ2v) is 5.24. The van der Waals surface area contributed by atoms with Crippen LogP contribution < -0.4 is 11.1 Å². The molecule has 0 spiro atoms. The monoisotopic (exact) mass is 281 g/mol. The lowest BCUT2D eigenvalue weighted by molar-refractivity contribution is 0.0698. The van der Waals surface area contributed by atoms with Crippen LogP contribution in [0.1, 0.15) is 20.2 Å². The number of benzene rings is 1. The standard InChI is InChI=1S/C12H12FN3O2S/c1-6-15-4-7(19-6)5-16-11-2-8(12(17)18)10(14)3-9(11)13/h2-4,16H,5,14H2,1H3,(H,17,18). The number of carbonyl (C=O) groups is 1. The summed E-state index contributed by atoms with van der Waals surface area (Å²) >= 11 is 1.49. The first kappa shape index (κ1) is 13.3. The van der Waals surface area contributed by atoms with Crippen molar-refractivity contribution in [1.29, 1.82) is 0 Å². The van der Waals surface area contributed by atoms with Gasteiger partial charge in [-0.25, -0.2) is 14.2 Å². The van der Waals surface area contributed by atoms with Crippen molar-refractivity contribution in [2.45, 2.75) is 13.5 Å². The maximum atomic E-state index is 13.7. The third-order valence-corrected chi connectivity index (χ3v) is 3.40. The van der Waals surface area contributed by atoms with E-state index in [1.54, 1.807) is 6.20 Å². The average Bonchev–Trinajstić information content (AvgIpc) is 2.73. The summed E-state index contributed by atoms with van der Waals surface area (Å²) in [6.45, 7) is 2.26. The molecule has 0 aliphatic rings. The number of aromatic carboxylic acids is 1. The molecule has 1 aromatic heterocycles. The Morgan fingerprint density at radius 3 is 2.89 bits per heavy atom. The lowest BCUT2D eigenvalue weighted by atomic mass is 10.1. The molecule has 100 valence electrons. The molecule has 5 nitrogen and oxygen atoms in total. The maximum absolute atomic E-state index is 13.7. The van der Waals surface area contributed by atoms with Gasteiger partial charge in [-0.15, -0.1) is 11.3 Å². The number of nitrogens with two attached hydrogens (primary N) is 1. The van der Waals surface area contributed by atoms with Gasteiger partial charge in [0.15, 0.2) is 0 Å². The molecule has 0 atom stereocenters. The predicted octanol–water partition coefficient (Wildman–Crippen LogP) is 2.48. The van der Waals surface area contributed by atoms with Crippen molar-refractivity contribution in [3.63, 3.8) is 0 Å². The quantitative estimate of drug-likeness (QED) is 0.749. The van der Waals surface area contributed by atoms with Crippen molar-refractivity contribution in [1.82, 2.24) is 4.98 Å². The van der Waals surface area contributed by atoms with Crippen LogP contribution in [-0.4, -0.2) is 16.1 Å². The highest BCUT2D eigenvalue weighted by molar-refractivity contribution is 7.11. The first-order valence-electron chi connectivity index (χ1n) is 5.45. The lowest BCUT2D eigenvalue weighted by Crippen LogP contribution is -2.07. The molecule has 1 heterocycles. The second kappa shape index (κ2) is 5.23. The Morgan fingerprint density at radius 1 is 1.58 bits per heavy atom. The number of halogens is 1. The Labute approximate surface area is 112 Å². The molecular formula is C12H12FN3O2S. The van der Waals surface area contributed by atoms with E-state index < -0.39 is 11.8 Å². The number of nitrogens with one attached hydrogen (secondary N) is 1. The predicted molar refractivity (Wildman–Crippen MR) is 71.9 cm³/mol. The molecule has 0 radical (unpaired) electrons. The van der Waals surface area contributed by atoms with Crippen LogP contribution in [0.5, 0.6) is 0 Å². The fourth-order valence-electron chi connectivity index (χ4n) is 1.58. The van der Waals surface area contributed by atoms with E-state index in [2.05, 4.69) is 10.3 Å². The lowest BCUT2D eigenvalue weighted by Gasteiger charge is -2.09. The SMILES string of the molecule is Cc1ncc(CNc2cc(C(=O)O)c(N)cc2F)s1. The highest BCUT2D eigenvalue weighted by Gasteiger charge is 2.13. The molecule has 0 aliphatic heterocycles. The number of nitrogen functional groups attached to an aromatic ring is 1. The van der Waals surface area contributed by atoms with Crippen LogP contribution in [0.15, 0.2) is 18.3 Å². The summed E-state index contributed by atoms with van der Waals surface area (Å²) in [5.74, 6) is -1.77. The Kier molecular flexibility index (Phi) is 3.66. The minimum absolute atomic E-state index is 0.0933. The van der Waals surface area contributed by atoms with Crippen LogP contribution in [0.4, 0.5) is 15.8 Å². The summed E-state index contributed by atoms with van der Waals surface area (Å²) in [6, 6.07) is 2.20. The summed E-state index contributed by atoms with van der Waals surface area (Å²) in [7, 11) is 0. The summed E-state index contributed by atoms with van der Waals surface area (Å²) in [6.07, 6.45) is 1.69. The van der Waals surface area contributed by atoms with Gasteiger partial charge < -0.3 is 16.2 Å². The van der Waals surface area contributed by atoms with Crippen molar-refractivity contribution >= 4 is 28.7 Å². The third kappa shape index (κ3) is 3.00. The molecule has 0 fully saturated rings. The molecule has 7 heteroatoms. The first-order valence-corrected chi connectivity index (χ1v) is 6.26. The number of aromatic nitrogens is 1. The van der Waals surface area contributed by atoms with Gasteiger partial charge in [0, 0.05) is 16.8 Å². The Hall–Kier alpha value is -2.15. The Balaban J connectivity index is 2.20. The molecule has 2 rings (SSSR count). The van der Waals surface area contributed by atoms with Gasteiger partial charge in [-0.2, -0.15) is 0 Å². The molecular weight excluding hydrogens is 269 g/mol. The molecule has 1 aromatic carbocycles. The highest BCUT2D eigenvalue weighted by atomic mass is 32.1. The maximum Gasteiger partial charge on any atom is 0.337 e. The second-order valence-electron chi connectivity index (χ2n) is 3.92. The van der Waals surface area contributed by atoms with Crippen LogP contribution in [0.2, 0.25) is 0 Å². The zero-order chi connectivity index (χ0) is 14.0. The summed E-state index contributed by atoms with van der Waals surface area (Å²) in [4.78, 5) is 15.9. The number of anilines is 2. The van der Waals surface area contributed by atoms with Gasteiger partial charge in [0.25, 0.3) is 0 Å². The molecule has 0 saturated carbocycles. The number of hydrogen-bond acceptors (Lipinski definition) is 5. The van der Waals surface area contributed by atoms with Gasteiger partial charge in [-0.1, -0.05) is 0 Å². The molecule has 0 bridgehead atoms. The number of nitrogens with zero attached hydrogens (tertiary/aromatic N) is 1. The fraction of sp³-hybridized carbons (Fsp3) is 0.167. The smallest absolute Gasteiger partial charge is 0.337 e. The highest BCUT2D eigenvalue weighted by Crippen LogP contribution is 2.23. The van der Waals surface area contributed by atoms with E-state index in [9.17, 15) is 9.18 Å². The van der Waals surface area contributed by atoms with E-state index in [1.807, 2.05) is 6.92 Å². The summed E-state index contributed by atoms with van der Waals surface area (Å²) < 4.78 is 13.7. The minimum atomic E-state index is -1.19. The van der Waals surface area contributed by atoms with Gasteiger partial charge in [0.05, 0.1) is 22.8 Å². The molecule has 0 aliphatic carbocycles. The van der Waals surface area contributed by atoms with Gasteiger partial charge in [-0.3, -0.25) is 0 Å². The normalized spacial score (nSPS) is 10.4. The van der Waals surface area contributed by atoms with Crippen LogP contribution in [0, 0.1) is 12.7 Å². The molecule has 0 saturated heterocycles. The zero-order valence-electron chi connectivity index (χ0n) is 10.1. The van der Waals surface area contributed by atoms with E-state index in [-0.39, 0.29) is 16.9 Å². The van der Waals surface area contributed by atoms with Crippen molar-refractivity contribution in [3.8, 4) is 0 Å². The molecule has 19 heavy (non-hydrogen) atoms. The number of rotatable bonds is 4. The average molecular weight is 281 g/mol. The number of thiazole rings is 1. The van der Waals surface area contributed by atoms with Crippen LogP contribution in [0.25, 0.3) is 0 Å². The zero-order valence-corrected chi connectivity index (χ0v) is 10.9. The van der Waals surface area contributed by atoms with Gasteiger partial charge in [0.1, 0.15) is 5.82 Å². The minimum Gasteiger partial charge on any atom is -0.478 e. The summed E-state index contributed by atoms with van der Waals surface area (Å²) in [5.41, 5.74) is 5.34. The van der Waals surface area contributed by atoms with E-state index in [1.165, 1.54) is 17.4 Å². The Bertz CT molecular complexity index is 627. The first-order chi connectivity index (χ1) is 8.97. The van der Waals surface area contributed by atoms with Gasteiger partial charge in [-0.05, 0) is 19.1 Å². The number of hydrogen-bond donors (Lipinski definition) is 3. The van der Waals surface area contributed by atoms with Crippen molar-refractivity contribution < 1.29 is 14.3 Å². The van der Waals surface area contributed by atoms with Crippen LogP contribution in [0.3, 0.4) is 0 Å². The van der Waals surface area contributed by atoms with E-state index in [0.29, 0.717) is 6.54 Å². The van der Waals surface area contributed by atoms with Gasteiger partial charge in [0.2, 0.25) is 0 Å². The number of carboxylic acid groups (broad SMARTS) is 1. The topological polar surface area (TPSA) is 88.2 Å². The van der Waals surface area contributed by atoms with Gasteiger partial charge >= 0.3 is 5.97 Å². The Morgan fingerprint density at radius 2 is 2.32 bits per heavy atom. The van der Waals surface area contributed by atoms with E-state index >= 15 is 0 Å². The van der Waals surface area contributed by atoms with Crippen molar-refractivity contribution in [3.05, 3.63) is 39.6 Å². The van der Waals surface area contributed by atoms with Crippen molar-refractivity contribution in [2.24, 2.45) is 0 Å². The van der Waals surface area contributed by atoms with Crippen LogP contribution in [-0.2, 0) is 6.54 Å². The number of aryl methyl sites for hydroxylation is 1. The van der Waals surface area contributed by atoms with Crippen LogP contribution >= 0.6 is 11.3 Å². The fourth-order valence-corrected chi connectivity index (χ4v) is 2.31. The third-order valence-electron chi connectivity index (χ3n) is 2.49. The molecule has 4 N–H and O–H groups in total. The number of carboxylic acids is 1. The van der Waals surface area contributed by atoms with E-state index in [4.69, 9.17) is 10.8 Å². The molecule has 0 amide bonds. The van der Waals surface area contributed by atoms with E-state index in [0.717, 1.165) is 16.0 Å². The molecule has 0 unspecified atom stereocenters. The van der Waals surface area contributed by atoms with Crippen molar-refractivity contribution in [2.75, 3.05) is 11.1 Å². The largest absolute Gasteiger partial charge is 0.478 e. The molecule has 2 aromatic rings.